The zero-order valence-electron chi connectivity index (χ0n) is 14.0. The monoisotopic (exact) mass is 334 g/mol. The molecule has 1 N–H and O–H groups in total. The molecule has 2 rings (SSSR count). The molecule has 1 aliphatic rings. The number of carbonyl (C=O) groups is 2. The summed E-state index contributed by atoms with van der Waals surface area (Å²) in [6.07, 6.45) is 0.394. The summed E-state index contributed by atoms with van der Waals surface area (Å²) in [6, 6.07) is 3.60. The summed E-state index contributed by atoms with van der Waals surface area (Å²) in [4.78, 5) is 24.6. The molecular formula is C18H19FO5. The van der Waals surface area contributed by atoms with E-state index in [1.165, 1.54) is 26.4 Å². The highest BCUT2D eigenvalue weighted by Gasteiger charge is 2.38. The van der Waals surface area contributed by atoms with Crippen LogP contribution in [0.5, 0.6) is 5.75 Å². The number of hydrogen-bond acceptors (Lipinski definition) is 5. The number of halogens is 1. The third kappa shape index (κ3) is 3.04. The quantitative estimate of drug-likeness (QED) is 0.860. The number of ether oxygens (including phenoxy) is 2. The van der Waals surface area contributed by atoms with Crippen LogP contribution in [0.1, 0.15) is 31.7 Å². The molecule has 6 heteroatoms. The fourth-order valence-electron chi connectivity index (χ4n) is 3.09. The van der Waals surface area contributed by atoms with Crippen LogP contribution in [-0.2, 0) is 19.1 Å². The predicted octanol–water partition coefficient (Wildman–Crippen LogP) is 3.00. The largest absolute Gasteiger partial charge is 0.508 e. The van der Waals surface area contributed by atoms with Gasteiger partial charge in [0.25, 0.3) is 0 Å². The molecule has 24 heavy (non-hydrogen) atoms. The minimum absolute atomic E-state index is 0.104. The Morgan fingerprint density at radius 1 is 1.08 bits per heavy atom. The molecule has 0 saturated heterocycles. The second-order valence-corrected chi connectivity index (χ2v) is 5.69. The standard InChI is InChI=1S/C18H19FO5/c1-9-7-10(2)15(18(22)24-4)16(14(9)17(21)23-3)12-6-5-11(20)8-13(12)19/h5-6,8,16,20H,7H2,1-4H3. The van der Waals surface area contributed by atoms with Gasteiger partial charge in [-0.2, -0.15) is 0 Å². The van der Waals surface area contributed by atoms with E-state index in [1.54, 1.807) is 13.8 Å². The molecule has 1 aromatic rings. The molecule has 0 bridgehead atoms. The summed E-state index contributed by atoms with van der Waals surface area (Å²) in [5.74, 6) is -3.16. The van der Waals surface area contributed by atoms with Crippen LogP contribution in [0.3, 0.4) is 0 Å². The van der Waals surface area contributed by atoms with E-state index in [4.69, 9.17) is 9.47 Å². The van der Waals surface area contributed by atoms with E-state index in [0.29, 0.717) is 17.6 Å². The zero-order valence-corrected chi connectivity index (χ0v) is 14.0. The summed E-state index contributed by atoms with van der Waals surface area (Å²) >= 11 is 0. The molecule has 0 fully saturated rings. The van der Waals surface area contributed by atoms with Crippen molar-refractivity contribution in [3.8, 4) is 5.75 Å². The number of benzene rings is 1. The number of allylic oxidation sites excluding steroid dienone is 2. The molecule has 0 unspecified atom stereocenters. The third-order valence-electron chi connectivity index (χ3n) is 4.13. The van der Waals surface area contributed by atoms with Gasteiger partial charge in [-0.25, -0.2) is 14.0 Å². The van der Waals surface area contributed by atoms with Crippen LogP contribution < -0.4 is 0 Å². The molecule has 0 saturated carbocycles. The highest BCUT2D eigenvalue weighted by molar-refractivity contribution is 6.00. The number of esters is 2. The van der Waals surface area contributed by atoms with Gasteiger partial charge in [0.05, 0.1) is 20.1 Å². The van der Waals surface area contributed by atoms with Crippen LogP contribution in [0.4, 0.5) is 4.39 Å². The highest BCUT2D eigenvalue weighted by Crippen LogP contribution is 2.43. The number of methoxy groups -OCH3 is 2. The van der Waals surface area contributed by atoms with Crippen molar-refractivity contribution in [3.05, 3.63) is 51.9 Å². The highest BCUT2D eigenvalue weighted by atomic mass is 19.1. The fourth-order valence-corrected chi connectivity index (χ4v) is 3.09. The maximum Gasteiger partial charge on any atom is 0.334 e. The Kier molecular flexibility index (Phi) is 5.07. The Bertz CT molecular complexity index is 723. The van der Waals surface area contributed by atoms with Gasteiger partial charge in [0.15, 0.2) is 0 Å². The molecule has 128 valence electrons. The van der Waals surface area contributed by atoms with Crippen molar-refractivity contribution in [2.75, 3.05) is 14.2 Å². The summed E-state index contributed by atoms with van der Waals surface area (Å²) < 4.78 is 24.1. The third-order valence-corrected chi connectivity index (χ3v) is 4.13. The molecule has 5 nitrogen and oxygen atoms in total. The van der Waals surface area contributed by atoms with Crippen LogP contribution in [-0.4, -0.2) is 31.3 Å². The van der Waals surface area contributed by atoms with Crippen molar-refractivity contribution < 1.29 is 28.6 Å². The van der Waals surface area contributed by atoms with Crippen molar-refractivity contribution in [1.82, 2.24) is 0 Å². The van der Waals surface area contributed by atoms with Gasteiger partial charge in [-0.3, -0.25) is 0 Å². The Balaban J connectivity index is 2.74. The van der Waals surface area contributed by atoms with Gasteiger partial charge in [-0.1, -0.05) is 17.2 Å². The Morgan fingerprint density at radius 3 is 2.00 bits per heavy atom. The van der Waals surface area contributed by atoms with E-state index in [1.807, 2.05) is 0 Å². The Labute approximate surface area is 139 Å². The number of hydrogen-bond donors (Lipinski definition) is 1. The lowest BCUT2D eigenvalue weighted by Crippen LogP contribution is -2.26. The Hall–Kier alpha value is -2.63. The van der Waals surface area contributed by atoms with Gasteiger partial charge >= 0.3 is 11.9 Å². The number of phenols is 1. The van der Waals surface area contributed by atoms with E-state index < -0.39 is 23.7 Å². The van der Waals surface area contributed by atoms with Gasteiger partial charge in [0.2, 0.25) is 0 Å². The molecule has 1 aliphatic carbocycles. The molecule has 0 atom stereocenters. The van der Waals surface area contributed by atoms with Gasteiger partial charge in [-0.05, 0) is 26.3 Å². The van der Waals surface area contributed by atoms with Crippen molar-refractivity contribution in [2.24, 2.45) is 0 Å². The summed E-state index contributed by atoms with van der Waals surface area (Å²) in [6.45, 7) is 3.49. The minimum Gasteiger partial charge on any atom is -0.508 e. The fraction of sp³-hybridized carbons (Fsp3) is 0.333. The second-order valence-electron chi connectivity index (χ2n) is 5.69. The first kappa shape index (κ1) is 17.7. The molecule has 0 radical (unpaired) electrons. The molecular weight excluding hydrogens is 315 g/mol. The maximum atomic E-state index is 14.5. The first-order valence-electron chi connectivity index (χ1n) is 7.36. The van der Waals surface area contributed by atoms with Crippen LogP contribution >= 0.6 is 0 Å². The molecule has 0 heterocycles. The number of rotatable bonds is 3. The van der Waals surface area contributed by atoms with Crippen molar-refractivity contribution in [1.29, 1.82) is 0 Å². The summed E-state index contributed by atoms with van der Waals surface area (Å²) in [5.41, 5.74) is 1.93. The summed E-state index contributed by atoms with van der Waals surface area (Å²) in [5, 5.41) is 9.44. The van der Waals surface area contributed by atoms with E-state index >= 15 is 0 Å². The minimum atomic E-state index is -0.945. The van der Waals surface area contributed by atoms with Gasteiger partial charge in [0.1, 0.15) is 11.6 Å². The van der Waals surface area contributed by atoms with Crippen molar-refractivity contribution in [2.45, 2.75) is 26.2 Å². The maximum absolute atomic E-state index is 14.5. The van der Waals surface area contributed by atoms with Crippen LogP contribution in [0, 0.1) is 5.82 Å². The molecule has 0 aromatic heterocycles. The normalized spacial score (nSPS) is 15.5. The Morgan fingerprint density at radius 2 is 1.58 bits per heavy atom. The SMILES string of the molecule is COC(=O)C1=C(C)CC(C)=C(C(=O)OC)C1c1ccc(O)cc1F. The second kappa shape index (κ2) is 6.86. The number of carbonyl (C=O) groups excluding carboxylic acids is 2. The molecule has 0 amide bonds. The predicted molar refractivity (Wildman–Crippen MR) is 84.9 cm³/mol. The lowest BCUT2D eigenvalue weighted by molar-refractivity contribution is -0.137. The lowest BCUT2D eigenvalue weighted by Gasteiger charge is -2.29. The number of aromatic hydroxyl groups is 1. The smallest absolute Gasteiger partial charge is 0.334 e. The molecule has 0 aliphatic heterocycles. The average molecular weight is 334 g/mol. The first-order valence-corrected chi connectivity index (χ1v) is 7.36. The van der Waals surface area contributed by atoms with E-state index in [9.17, 15) is 19.1 Å². The summed E-state index contributed by atoms with van der Waals surface area (Å²) in [7, 11) is 2.46. The van der Waals surface area contributed by atoms with Crippen molar-refractivity contribution >= 4 is 11.9 Å². The lowest BCUT2D eigenvalue weighted by atomic mass is 9.75. The topological polar surface area (TPSA) is 72.8 Å². The van der Waals surface area contributed by atoms with Crippen LogP contribution in [0.25, 0.3) is 0 Å². The van der Waals surface area contributed by atoms with E-state index in [2.05, 4.69) is 0 Å². The number of phenolic OH excluding ortho intramolecular Hbond substituents is 1. The van der Waals surface area contributed by atoms with Gasteiger partial charge in [-0.15, -0.1) is 0 Å². The van der Waals surface area contributed by atoms with E-state index in [-0.39, 0.29) is 22.5 Å². The molecule has 1 aromatic carbocycles. The molecule has 0 spiro atoms. The van der Waals surface area contributed by atoms with E-state index in [0.717, 1.165) is 6.07 Å². The van der Waals surface area contributed by atoms with Crippen LogP contribution in [0.2, 0.25) is 0 Å². The van der Waals surface area contributed by atoms with Crippen LogP contribution in [0.15, 0.2) is 40.5 Å². The van der Waals surface area contributed by atoms with Gasteiger partial charge < -0.3 is 14.6 Å². The first-order chi connectivity index (χ1) is 11.3. The average Bonchev–Trinajstić information content (AvgIpc) is 2.53. The zero-order chi connectivity index (χ0) is 18.0. The van der Waals surface area contributed by atoms with Gasteiger partial charge in [0, 0.05) is 22.8 Å². The van der Waals surface area contributed by atoms with Crippen molar-refractivity contribution in [3.63, 3.8) is 0 Å².